The Bertz CT molecular complexity index is 3350. The molecule has 63 heavy (non-hydrogen) atoms. The number of benzene rings is 7. The number of fused-ring (bicyclic) bond motifs is 5. The van der Waals surface area contributed by atoms with E-state index in [0.717, 1.165) is 78.4 Å². The van der Waals surface area contributed by atoms with E-state index in [2.05, 4.69) is 237 Å². The van der Waals surface area contributed by atoms with Crippen LogP contribution in [0.15, 0.2) is 181 Å². The second kappa shape index (κ2) is 14.3. The number of imidazole rings is 1. The Hall–Kier alpha value is -6.89. The van der Waals surface area contributed by atoms with E-state index in [-0.39, 0.29) is 10.2 Å². The molecule has 0 saturated carbocycles. The predicted octanol–water partition coefficient (Wildman–Crippen LogP) is 14.3. The van der Waals surface area contributed by atoms with Crippen LogP contribution in [-0.2, 0) is 10.2 Å². The molecule has 0 atom stereocenters. The van der Waals surface area contributed by atoms with E-state index in [1.54, 1.807) is 0 Å². The third-order valence-corrected chi connectivity index (χ3v) is 17.7. The van der Waals surface area contributed by atoms with E-state index in [1.165, 1.54) is 21.4 Å². The lowest BCUT2D eigenvalue weighted by Gasteiger charge is -2.47. The molecule has 310 valence electrons. The maximum atomic E-state index is 6.95. The highest BCUT2D eigenvalue weighted by Gasteiger charge is 2.42. The van der Waals surface area contributed by atoms with Gasteiger partial charge in [0, 0.05) is 32.7 Å². The first-order valence-corrected chi connectivity index (χ1v) is 24.1. The van der Waals surface area contributed by atoms with Crippen LogP contribution in [0.4, 0.5) is 0 Å². The number of rotatable bonds is 6. The number of aromatic nitrogens is 4. The van der Waals surface area contributed by atoms with Gasteiger partial charge in [0.2, 0.25) is 0 Å². The Morgan fingerprint density at radius 1 is 0.619 bits per heavy atom. The van der Waals surface area contributed by atoms with Gasteiger partial charge < -0.3 is 4.74 Å². The lowest BCUT2D eigenvalue weighted by Crippen LogP contribution is -2.31. The van der Waals surface area contributed by atoms with Crippen molar-refractivity contribution in [1.82, 2.24) is 14.1 Å². The third-order valence-electron chi connectivity index (χ3n) is 13.5. The van der Waals surface area contributed by atoms with Gasteiger partial charge in [-0.1, -0.05) is 136 Å². The van der Waals surface area contributed by atoms with Gasteiger partial charge in [-0.25, -0.2) is 15.0 Å². The van der Waals surface area contributed by atoms with Gasteiger partial charge in [0.1, 0.15) is 17.3 Å². The lowest BCUT2D eigenvalue weighted by molar-refractivity contribution is -0.575. The Kier molecular flexibility index (Phi) is 8.87. The average molecular weight is 839 g/mol. The number of para-hydroxylation sites is 3. The summed E-state index contributed by atoms with van der Waals surface area (Å²) in [7, 11) is -1.42. The molecule has 0 spiro atoms. The quantitative estimate of drug-likeness (QED) is 0.124. The van der Waals surface area contributed by atoms with E-state index >= 15 is 0 Å². The van der Waals surface area contributed by atoms with Crippen LogP contribution in [0, 0.1) is 6.33 Å². The summed E-state index contributed by atoms with van der Waals surface area (Å²) in [5, 5.41) is 2.34. The van der Waals surface area contributed by atoms with Gasteiger partial charge in [0.15, 0.2) is 0 Å². The number of hydrogen-bond donors (Lipinski definition) is 0. The number of hydrogen-bond acceptors (Lipinski definition) is 2. The Labute approximate surface area is 371 Å². The summed E-state index contributed by atoms with van der Waals surface area (Å²) in [5.74, 6) is 2.43. The van der Waals surface area contributed by atoms with Gasteiger partial charge in [-0.3, -0.25) is 13.7 Å². The number of nitrogens with zero attached hydrogens (tertiary/aromatic N) is 4. The van der Waals surface area contributed by atoms with Crippen LogP contribution in [-0.4, -0.2) is 26.6 Å². The molecule has 1 aliphatic heterocycles. The summed E-state index contributed by atoms with van der Waals surface area (Å²) in [6.07, 6.45) is 10.8. The number of ether oxygens (including phenoxy) is 1. The summed E-state index contributed by atoms with van der Waals surface area (Å²) >= 11 is 0. The molecule has 7 aromatic carbocycles. The van der Waals surface area contributed by atoms with Crippen molar-refractivity contribution in [2.45, 2.75) is 49.7 Å². The second-order valence-corrected chi connectivity index (χ2v) is 22.7. The van der Waals surface area contributed by atoms with Crippen molar-refractivity contribution >= 4 is 42.9 Å². The van der Waals surface area contributed by atoms with Crippen molar-refractivity contribution in [2.75, 3.05) is 12.5 Å². The molecule has 0 radical (unpaired) electrons. The van der Waals surface area contributed by atoms with Crippen LogP contribution < -0.4 is 9.30 Å². The molecular weight excluding hydrogens is 789 g/mol. The normalized spacial score (nSPS) is 14.7. The highest BCUT2D eigenvalue weighted by atomic mass is 32.3. The Morgan fingerprint density at radius 2 is 1.24 bits per heavy atom. The fourth-order valence-corrected chi connectivity index (χ4v) is 11.9. The molecule has 1 aliphatic rings. The molecule has 0 bridgehead atoms. The second-order valence-electron chi connectivity index (χ2n) is 18.6. The Balaban J connectivity index is 1.11. The standard InChI is InChI=1S/C57H50N4OS/c1-56(2,3)40-32-33-58-53(34-40)61-48-26-15-14-22-45(48)46-30-28-41(35-50(46)61)62-42-29-31-52-51(36-42)60-37-59(49-27-17-25-47(55(49)60)57(4,5)63(52,6)7)54-43(38-18-10-8-11-19-38)23-16-24-44(54)39-20-12-9-13-21-39/h8-36H,1-7H3. The van der Waals surface area contributed by atoms with Crippen LogP contribution in [0.3, 0.4) is 0 Å². The smallest absolute Gasteiger partial charge is 0.269 e. The minimum atomic E-state index is -1.42. The van der Waals surface area contributed by atoms with Crippen LogP contribution in [0.25, 0.3) is 72.3 Å². The van der Waals surface area contributed by atoms with Crippen molar-refractivity contribution in [1.29, 1.82) is 0 Å². The van der Waals surface area contributed by atoms with E-state index < -0.39 is 10.0 Å². The van der Waals surface area contributed by atoms with Crippen molar-refractivity contribution < 1.29 is 9.30 Å². The van der Waals surface area contributed by atoms with Crippen molar-refractivity contribution in [3.63, 3.8) is 0 Å². The highest BCUT2D eigenvalue weighted by molar-refractivity contribution is 8.33. The zero-order valence-corrected chi connectivity index (χ0v) is 37.7. The van der Waals surface area contributed by atoms with E-state index in [9.17, 15) is 0 Å². The molecule has 0 amide bonds. The topological polar surface area (TPSA) is 35.9 Å². The molecule has 6 heteroatoms. The summed E-state index contributed by atoms with van der Waals surface area (Å²) in [6, 6.07) is 61.0. The molecule has 0 saturated heterocycles. The van der Waals surface area contributed by atoms with E-state index in [4.69, 9.17) is 9.72 Å². The van der Waals surface area contributed by atoms with Gasteiger partial charge >= 0.3 is 0 Å². The summed E-state index contributed by atoms with van der Waals surface area (Å²) < 4.78 is 13.7. The minimum absolute atomic E-state index is 0.0144. The van der Waals surface area contributed by atoms with Crippen LogP contribution in [0.2, 0.25) is 0 Å². The van der Waals surface area contributed by atoms with Gasteiger partial charge in [-0.2, -0.15) is 0 Å². The molecule has 10 aromatic rings. The monoisotopic (exact) mass is 838 g/mol. The molecule has 0 N–H and O–H groups in total. The SMILES string of the molecule is CC(C)(C)c1ccnc(-n2c3ccccc3c3ccc(Oc4ccc5c(c4)-[n+]4[c-]n(-c6c(-c7ccccc7)cccc6-c6ccccc6)c6cccc(c64)C(C)(C)S5(C)C)cc32)c1. The molecule has 0 aliphatic carbocycles. The molecule has 0 unspecified atom stereocenters. The first-order valence-electron chi connectivity index (χ1n) is 21.7. The fourth-order valence-electron chi connectivity index (χ4n) is 9.59. The Morgan fingerprint density at radius 3 is 1.95 bits per heavy atom. The zero-order valence-electron chi connectivity index (χ0n) is 36.8. The van der Waals surface area contributed by atoms with Crippen LogP contribution in [0.1, 0.15) is 45.7 Å². The average Bonchev–Trinajstić information content (AvgIpc) is 3.83. The van der Waals surface area contributed by atoms with Crippen molar-refractivity contribution in [2.24, 2.45) is 0 Å². The zero-order chi connectivity index (χ0) is 43.3. The van der Waals surface area contributed by atoms with Crippen LogP contribution in [0.5, 0.6) is 11.5 Å². The minimum Gasteiger partial charge on any atom is -0.458 e. The summed E-state index contributed by atoms with van der Waals surface area (Å²) in [4.78, 5) is 6.23. The molecule has 0 fully saturated rings. The molecule has 3 aromatic heterocycles. The molecule has 11 rings (SSSR count). The van der Waals surface area contributed by atoms with Crippen molar-refractivity contribution in [3.05, 3.63) is 194 Å². The maximum Gasteiger partial charge on any atom is 0.269 e. The summed E-state index contributed by atoms with van der Waals surface area (Å²) in [6.45, 7) is 11.6. The number of pyridine rings is 1. The van der Waals surface area contributed by atoms with Gasteiger partial charge in [-0.05, 0) is 114 Å². The predicted molar refractivity (Wildman–Crippen MR) is 263 cm³/mol. The fraction of sp³-hybridized carbons (Fsp3) is 0.158. The maximum absolute atomic E-state index is 6.95. The first-order chi connectivity index (χ1) is 30.4. The largest absolute Gasteiger partial charge is 0.458 e. The molecule has 4 heterocycles. The van der Waals surface area contributed by atoms with E-state index in [1.807, 2.05) is 6.20 Å². The lowest BCUT2D eigenvalue weighted by atomic mass is 9.88. The first kappa shape index (κ1) is 39.0. The van der Waals surface area contributed by atoms with Gasteiger partial charge in [-0.15, -0.1) is 0 Å². The van der Waals surface area contributed by atoms with Gasteiger partial charge in [0.05, 0.1) is 33.4 Å². The molecule has 5 nitrogen and oxygen atoms in total. The molecular formula is C57H50N4OS. The van der Waals surface area contributed by atoms with Crippen LogP contribution >= 0.6 is 10.0 Å². The van der Waals surface area contributed by atoms with Crippen molar-refractivity contribution in [3.8, 4) is 50.9 Å². The third kappa shape index (κ3) is 6.14. The summed E-state index contributed by atoms with van der Waals surface area (Å²) in [5.41, 5.74) is 13.8. The highest BCUT2D eigenvalue weighted by Crippen LogP contribution is 2.67. The van der Waals surface area contributed by atoms with E-state index in [0.29, 0.717) is 0 Å². The van der Waals surface area contributed by atoms with Gasteiger partial charge in [0.25, 0.3) is 6.33 Å².